The molecular weight excluding hydrogens is 232 g/mol. The van der Waals surface area contributed by atoms with Gasteiger partial charge in [-0.05, 0) is 26.3 Å². The van der Waals surface area contributed by atoms with Gasteiger partial charge in [0, 0.05) is 13.7 Å². The second kappa shape index (κ2) is 7.48. The van der Waals surface area contributed by atoms with Crippen LogP contribution < -0.4 is 5.32 Å². The fourth-order valence-electron chi connectivity index (χ4n) is 2.45. The third-order valence-electron chi connectivity index (χ3n) is 3.45. The van der Waals surface area contributed by atoms with E-state index in [9.17, 15) is 9.59 Å². The van der Waals surface area contributed by atoms with E-state index in [-0.39, 0.29) is 23.8 Å². The molecule has 0 aromatic heterocycles. The molecule has 0 bridgehead atoms. The monoisotopic (exact) mass is 256 g/mol. The van der Waals surface area contributed by atoms with Gasteiger partial charge in [-0.1, -0.05) is 13.3 Å². The zero-order valence-electron chi connectivity index (χ0n) is 11.6. The lowest BCUT2D eigenvalue weighted by Crippen LogP contribution is -2.48. The molecule has 5 heteroatoms. The molecule has 1 N–H and O–H groups in total. The van der Waals surface area contributed by atoms with Crippen molar-refractivity contribution in [2.45, 2.75) is 44.7 Å². The van der Waals surface area contributed by atoms with Crippen molar-refractivity contribution in [2.24, 2.45) is 0 Å². The Morgan fingerprint density at radius 1 is 1.50 bits per heavy atom. The predicted molar refractivity (Wildman–Crippen MR) is 69.4 cm³/mol. The summed E-state index contributed by atoms with van der Waals surface area (Å²) in [5.41, 5.74) is 0. The van der Waals surface area contributed by atoms with Crippen LogP contribution in [0, 0.1) is 0 Å². The molecule has 0 saturated carbocycles. The Hall–Kier alpha value is -0.940. The number of carbonyl (C=O) groups excluding carboxylic acids is 2. The molecule has 1 saturated heterocycles. The van der Waals surface area contributed by atoms with E-state index in [4.69, 9.17) is 4.74 Å². The smallest absolute Gasteiger partial charge is 0.291 e. The molecule has 2 atom stereocenters. The van der Waals surface area contributed by atoms with Crippen molar-refractivity contribution in [1.29, 1.82) is 0 Å². The molecular formula is C13H24N2O3. The first kappa shape index (κ1) is 15.1. The van der Waals surface area contributed by atoms with E-state index in [1.54, 1.807) is 19.1 Å². The van der Waals surface area contributed by atoms with Crippen LogP contribution in [0.25, 0.3) is 0 Å². The molecule has 1 rings (SSSR count). The number of likely N-dealkylation sites (tertiary alicyclic amines) is 1. The molecule has 0 radical (unpaired) electrons. The summed E-state index contributed by atoms with van der Waals surface area (Å²) in [5.74, 6) is -0.676. The molecule has 0 spiro atoms. The van der Waals surface area contributed by atoms with Crippen molar-refractivity contribution < 1.29 is 14.3 Å². The molecule has 1 aliphatic rings. The first-order valence-electron chi connectivity index (χ1n) is 6.66. The fourth-order valence-corrected chi connectivity index (χ4v) is 2.45. The minimum atomic E-state index is -0.359. The number of ketones is 1. The number of hydrogen-bond acceptors (Lipinski definition) is 4. The molecule has 1 heterocycles. The van der Waals surface area contributed by atoms with Crippen molar-refractivity contribution in [3.05, 3.63) is 0 Å². The predicted octanol–water partition coefficient (Wildman–Crippen LogP) is 0.581. The first-order valence-corrected chi connectivity index (χ1v) is 6.66. The summed E-state index contributed by atoms with van der Waals surface area (Å²) < 4.78 is 5.10. The van der Waals surface area contributed by atoms with Gasteiger partial charge >= 0.3 is 0 Å². The Morgan fingerprint density at radius 2 is 2.22 bits per heavy atom. The molecule has 18 heavy (non-hydrogen) atoms. The summed E-state index contributed by atoms with van der Waals surface area (Å²) in [5, 5.41) is 2.93. The maximum Gasteiger partial charge on any atom is 0.291 e. The van der Waals surface area contributed by atoms with E-state index in [1.165, 1.54) is 0 Å². The molecule has 0 aromatic rings. The number of likely N-dealkylation sites (N-methyl/N-ethyl adjacent to an activating group) is 1. The highest BCUT2D eigenvalue weighted by Crippen LogP contribution is 2.18. The Bertz CT molecular complexity index is 294. The van der Waals surface area contributed by atoms with E-state index in [0.29, 0.717) is 19.6 Å². The normalized spacial score (nSPS) is 21.1. The van der Waals surface area contributed by atoms with E-state index in [2.05, 4.69) is 5.32 Å². The average Bonchev–Trinajstić information content (AvgIpc) is 2.83. The number of nitrogens with zero attached hydrogens (tertiary/aromatic N) is 1. The van der Waals surface area contributed by atoms with Crippen LogP contribution in [0.2, 0.25) is 0 Å². The largest absolute Gasteiger partial charge is 0.383 e. The first-order chi connectivity index (χ1) is 8.65. The van der Waals surface area contributed by atoms with Crippen LogP contribution in [0.5, 0.6) is 0 Å². The van der Waals surface area contributed by atoms with Gasteiger partial charge in [0.1, 0.15) is 0 Å². The lowest BCUT2D eigenvalue weighted by atomic mass is 10.1. The summed E-state index contributed by atoms with van der Waals surface area (Å²) in [6, 6.07) is -0.295. The number of amides is 1. The Kier molecular flexibility index (Phi) is 6.29. The quantitative estimate of drug-likeness (QED) is 0.677. The maximum absolute atomic E-state index is 12.2. The van der Waals surface area contributed by atoms with Crippen molar-refractivity contribution >= 4 is 11.7 Å². The Labute approximate surface area is 109 Å². The van der Waals surface area contributed by atoms with E-state index >= 15 is 0 Å². The summed E-state index contributed by atoms with van der Waals surface area (Å²) in [6.07, 6.45) is 3.45. The number of ether oxygens (including phenoxy) is 1. The van der Waals surface area contributed by atoms with Crippen LogP contribution in [0.4, 0.5) is 0 Å². The average molecular weight is 256 g/mol. The highest BCUT2D eigenvalue weighted by atomic mass is 16.5. The topological polar surface area (TPSA) is 58.6 Å². The molecule has 0 aromatic carbocycles. The van der Waals surface area contributed by atoms with Crippen molar-refractivity contribution in [3.63, 3.8) is 0 Å². The van der Waals surface area contributed by atoms with Gasteiger partial charge in [-0.25, -0.2) is 0 Å². The second-order valence-electron chi connectivity index (χ2n) is 4.74. The van der Waals surface area contributed by atoms with Crippen molar-refractivity contribution in [3.8, 4) is 0 Å². The molecule has 1 amide bonds. The van der Waals surface area contributed by atoms with Crippen LogP contribution in [0.3, 0.4) is 0 Å². The Morgan fingerprint density at radius 3 is 2.78 bits per heavy atom. The van der Waals surface area contributed by atoms with Gasteiger partial charge < -0.3 is 15.0 Å². The van der Waals surface area contributed by atoms with E-state index in [0.717, 1.165) is 19.3 Å². The highest BCUT2D eigenvalue weighted by Gasteiger charge is 2.34. The number of nitrogens with one attached hydrogen (secondary N) is 1. The third kappa shape index (κ3) is 3.53. The van der Waals surface area contributed by atoms with Crippen LogP contribution in [-0.4, -0.2) is 56.0 Å². The minimum Gasteiger partial charge on any atom is -0.383 e. The van der Waals surface area contributed by atoms with Gasteiger partial charge in [0.2, 0.25) is 5.78 Å². The number of rotatable bonds is 7. The van der Waals surface area contributed by atoms with Crippen LogP contribution >= 0.6 is 0 Å². The van der Waals surface area contributed by atoms with Crippen LogP contribution in [0.15, 0.2) is 0 Å². The van der Waals surface area contributed by atoms with Gasteiger partial charge in [0.25, 0.3) is 5.91 Å². The molecule has 104 valence electrons. The van der Waals surface area contributed by atoms with Crippen LogP contribution in [0.1, 0.15) is 32.6 Å². The molecule has 1 aliphatic heterocycles. The van der Waals surface area contributed by atoms with Gasteiger partial charge in [-0.2, -0.15) is 0 Å². The van der Waals surface area contributed by atoms with E-state index < -0.39 is 0 Å². The third-order valence-corrected chi connectivity index (χ3v) is 3.45. The van der Waals surface area contributed by atoms with Gasteiger partial charge in [-0.15, -0.1) is 0 Å². The standard InChI is InChI=1S/C13H24N2O3/c1-4-6-11(14-2)12(16)13(17)15-8-5-7-10(15)9-18-3/h10-11,14H,4-9H2,1-3H3/t10-,11?/m0/s1. The van der Waals surface area contributed by atoms with Crippen molar-refractivity contribution in [2.75, 3.05) is 27.3 Å². The minimum absolute atomic E-state index is 0.0607. The highest BCUT2D eigenvalue weighted by molar-refractivity contribution is 6.38. The number of methoxy groups -OCH3 is 1. The van der Waals surface area contributed by atoms with Crippen LogP contribution in [-0.2, 0) is 14.3 Å². The van der Waals surface area contributed by atoms with Gasteiger partial charge in [0.15, 0.2) is 0 Å². The summed E-state index contributed by atoms with van der Waals surface area (Å²) >= 11 is 0. The molecule has 1 fully saturated rings. The Balaban J connectivity index is 2.64. The fraction of sp³-hybridized carbons (Fsp3) is 0.846. The van der Waals surface area contributed by atoms with Gasteiger partial charge in [-0.3, -0.25) is 9.59 Å². The molecule has 0 aliphatic carbocycles. The van der Waals surface area contributed by atoms with E-state index in [1.807, 2.05) is 6.92 Å². The summed E-state index contributed by atoms with van der Waals surface area (Å²) in [6.45, 7) is 3.18. The maximum atomic E-state index is 12.2. The SMILES string of the molecule is CCCC(NC)C(=O)C(=O)N1CCC[C@H]1COC. The zero-order valence-corrected chi connectivity index (χ0v) is 11.6. The summed E-state index contributed by atoms with van der Waals surface area (Å²) in [4.78, 5) is 26.0. The van der Waals surface area contributed by atoms with Crippen molar-refractivity contribution in [1.82, 2.24) is 10.2 Å². The zero-order chi connectivity index (χ0) is 13.5. The lowest BCUT2D eigenvalue weighted by molar-refractivity contribution is -0.146. The summed E-state index contributed by atoms with van der Waals surface area (Å²) in [7, 11) is 3.35. The number of carbonyl (C=O) groups is 2. The molecule has 5 nitrogen and oxygen atoms in total. The lowest BCUT2D eigenvalue weighted by Gasteiger charge is -2.25. The molecule has 1 unspecified atom stereocenters. The number of hydrogen-bond donors (Lipinski definition) is 1. The second-order valence-corrected chi connectivity index (χ2v) is 4.74. The van der Waals surface area contributed by atoms with Gasteiger partial charge in [0.05, 0.1) is 18.7 Å². The number of Topliss-reactive ketones (excluding diaryl/α,β-unsaturated/α-hetero) is 1.